The van der Waals surface area contributed by atoms with Crippen molar-refractivity contribution in [2.75, 3.05) is 13.2 Å². The first-order chi connectivity index (χ1) is 16.6. The maximum atomic E-state index is 14.3. The van der Waals surface area contributed by atoms with Gasteiger partial charge in [-0.1, -0.05) is 39.0 Å². The first-order valence-corrected chi connectivity index (χ1v) is 13.8. The number of hydrogen-bond donors (Lipinski definition) is 1. The first kappa shape index (κ1) is 27.4. The third-order valence-corrected chi connectivity index (χ3v) is 9.24. The zero-order valence-corrected chi connectivity index (χ0v) is 22.9. The van der Waals surface area contributed by atoms with Gasteiger partial charge in [-0.25, -0.2) is 8.93 Å². The third kappa shape index (κ3) is 5.60. The number of benzene rings is 2. The van der Waals surface area contributed by atoms with Crippen LogP contribution in [0, 0.1) is 11.3 Å². The molecule has 2 aromatic carbocycles. The topological polar surface area (TPSA) is 47.6 Å². The van der Waals surface area contributed by atoms with E-state index in [-0.39, 0.29) is 22.7 Å². The van der Waals surface area contributed by atoms with Gasteiger partial charge in [-0.05, 0) is 86.3 Å². The van der Waals surface area contributed by atoms with Crippen molar-refractivity contribution in [2.24, 2.45) is 11.3 Å². The van der Waals surface area contributed by atoms with Gasteiger partial charge in [-0.2, -0.15) is 13.2 Å². The number of alkyl halides is 3. The molecule has 36 heavy (non-hydrogen) atoms. The highest BCUT2D eigenvalue weighted by atomic mass is 32.2. The Morgan fingerprint density at radius 1 is 0.972 bits per heavy atom. The predicted octanol–water partition coefficient (Wildman–Crippen LogP) is 7.12. The van der Waals surface area contributed by atoms with Crippen molar-refractivity contribution in [1.29, 1.82) is 0 Å². The second kappa shape index (κ2) is 9.59. The largest absolute Gasteiger partial charge is 0.490 e. The van der Waals surface area contributed by atoms with Crippen molar-refractivity contribution >= 4 is 21.8 Å². The van der Waals surface area contributed by atoms with Crippen molar-refractivity contribution in [3.05, 3.63) is 41.5 Å². The maximum Gasteiger partial charge on any atom is 0.420 e. The minimum absolute atomic E-state index is 0.101. The molecule has 2 aliphatic rings. The Bertz CT molecular complexity index is 1120. The molecule has 1 saturated heterocycles. The molecule has 1 aliphatic heterocycles. The summed E-state index contributed by atoms with van der Waals surface area (Å²) in [6.07, 6.45) is -1.33. The molecule has 0 radical (unpaired) electrons. The van der Waals surface area contributed by atoms with E-state index in [1.54, 1.807) is 18.2 Å². The highest BCUT2D eigenvalue weighted by Gasteiger charge is 2.44. The summed E-state index contributed by atoms with van der Waals surface area (Å²) in [6.45, 7) is 12.9. The Balaban J connectivity index is 1.63. The molecule has 4 rings (SSSR count). The van der Waals surface area contributed by atoms with Crippen molar-refractivity contribution in [1.82, 2.24) is 4.72 Å². The lowest BCUT2D eigenvalue weighted by Gasteiger charge is -2.43. The van der Waals surface area contributed by atoms with E-state index in [0.717, 1.165) is 31.2 Å². The Hall–Kier alpha value is -1.64. The summed E-state index contributed by atoms with van der Waals surface area (Å²) in [6, 6.07) is 8.09. The highest BCUT2D eigenvalue weighted by Crippen LogP contribution is 2.45. The van der Waals surface area contributed by atoms with Gasteiger partial charge in [0.2, 0.25) is 0 Å². The van der Waals surface area contributed by atoms with Crippen LogP contribution in [-0.4, -0.2) is 28.3 Å². The highest BCUT2D eigenvalue weighted by molar-refractivity contribution is 7.84. The molecule has 0 amide bonds. The summed E-state index contributed by atoms with van der Waals surface area (Å²) in [7, 11) is -1.35. The van der Waals surface area contributed by atoms with E-state index in [4.69, 9.17) is 9.47 Å². The van der Waals surface area contributed by atoms with Crippen LogP contribution in [0.15, 0.2) is 30.3 Å². The van der Waals surface area contributed by atoms with Crippen LogP contribution in [0.1, 0.15) is 78.4 Å². The van der Waals surface area contributed by atoms with Gasteiger partial charge >= 0.3 is 6.18 Å². The fraction of sp³-hybridized carbons (Fsp3) is 0.643. The van der Waals surface area contributed by atoms with Gasteiger partial charge in [-0.3, -0.25) is 0 Å². The van der Waals surface area contributed by atoms with E-state index in [1.165, 1.54) is 12.1 Å². The van der Waals surface area contributed by atoms with Gasteiger partial charge in [0.1, 0.15) is 16.9 Å². The van der Waals surface area contributed by atoms with Gasteiger partial charge < -0.3 is 9.47 Å². The number of halogens is 3. The summed E-state index contributed by atoms with van der Waals surface area (Å²) in [5.41, 5.74) is -0.457. The van der Waals surface area contributed by atoms with Gasteiger partial charge in [-0.15, -0.1) is 0 Å². The van der Waals surface area contributed by atoms with Crippen LogP contribution in [0.2, 0.25) is 0 Å². The molecular formula is C28H38F3NO3S. The molecule has 2 fully saturated rings. The molecule has 1 unspecified atom stereocenters. The van der Waals surface area contributed by atoms with Crippen LogP contribution in [0.5, 0.6) is 5.75 Å². The van der Waals surface area contributed by atoms with Crippen molar-refractivity contribution < 1.29 is 26.9 Å². The van der Waals surface area contributed by atoms with E-state index in [2.05, 4.69) is 25.5 Å². The third-order valence-electron chi connectivity index (χ3n) is 7.55. The van der Waals surface area contributed by atoms with Crippen LogP contribution in [-0.2, 0) is 27.4 Å². The van der Waals surface area contributed by atoms with Crippen LogP contribution in [0.4, 0.5) is 13.2 Å². The number of ether oxygens (including phenoxy) is 2. The van der Waals surface area contributed by atoms with E-state index >= 15 is 0 Å². The zero-order chi connectivity index (χ0) is 26.5. The second-order valence-corrected chi connectivity index (χ2v) is 14.4. The van der Waals surface area contributed by atoms with Crippen LogP contribution in [0.3, 0.4) is 0 Å². The number of hydrogen-bond acceptors (Lipinski definition) is 3. The number of rotatable bonds is 5. The number of nitrogens with one attached hydrogen (secondary N) is 1. The molecule has 0 aromatic heterocycles. The van der Waals surface area contributed by atoms with Gasteiger partial charge in [0, 0.05) is 0 Å². The van der Waals surface area contributed by atoms with Crippen molar-refractivity contribution in [3.8, 4) is 5.75 Å². The molecule has 0 bridgehead atoms. The van der Waals surface area contributed by atoms with Gasteiger partial charge in [0.15, 0.2) is 0 Å². The summed E-state index contributed by atoms with van der Waals surface area (Å²) in [4.78, 5) is 0. The smallest absolute Gasteiger partial charge is 0.420 e. The Kier molecular flexibility index (Phi) is 7.30. The lowest BCUT2D eigenvalue weighted by Crippen LogP contribution is -2.59. The molecule has 8 heteroatoms. The average molecular weight is 526 g/mol. The summed E-state index contributed by atoms with van der Waals surface area (Å²) in [5.74, 6) is 0.453. The van der Waals surface area contributed by atoms with E-state index in [9.17, 15) is 17.4 Å². The van der Waals surface area contributed by atoms with Gasteiger partial charge in [0.25, 0.3) is 0 Å². The molecule has 4 nitrogen and oxygen atoms in total. The second-order valence-electron chi connectivity index (χ2n) is 12.4. The quantitative estimate of drug-likeness (QED) is 0.452. The van der Waals surface area contributed by atoms with E-state index in [1.807, 2.05) is 20.8 Å². The standard InChI is InChI=1S/C28H38F3NO3S/c1-25(2,3)19-8-11-21(12-9-19)35-23-14-7-18-15-20(10-13-22(18)24(23)28(29,30)31)27(16-34-17-27)32-36(33)26(4,5)6/h7,10,13-15,19,21,32H,8-9,11-12,16-17H2,1-6H3. The molecule has 0 spiro atoms. The normalized spacial score (nSPS) is 23.8. The Morgan fingerprint density at radius 3 is 2.11 bits per heavy atom. The lowest BCUT2D eigenvalue weighted by molar-refractivity contribution is -0.138. The summed E-state index contributed by atoms with van der Waals surface area (Å²) >= 11 is 0. The molecule has 2 aromatic rings. The average Bonchev–Trinajstić information content (AvgIpc) is 2.73. The molecular weight excluding hydrogens is 487 g/mol. The molecule has 200 valence electrons. The van der Waals surface area contributed by atoms with Gasteiger partial charge in [0.05, 0.1) is 35.1 Å². The van der Waals surface area contributed by atoms with Crippen molar-refractivity contribution in [2.45, 2.75) is 89.8 Å². The fourth-order valence-corrected chi connectivity index (χ4v) is 6.04. The zero-order valence-electron chi connectivity index (χ0n) is 22.1. The summed E-state index contributed by atoms with van der Waals surface area (Å²) in [5, 5.41) is 0.581. The first-order valence-electron chi connectivity index (χ1n) is 12.7. The van der Waals surface area contributed by atoms with Crippen LogP contribution < -0.4 is 9.46 Å². The van der Waals surface area contributed by atoms with E-state index in [0.29, 0.717) is 24.5 Å². The lowest BCUT2D eigenvalue weighted by atomic mass is 9.72. The SMILES string of the molecule is CC(C)(C)C1CCC(Oc2ccc3cc(C4(NS(=O)C(C)(C)C)COC4)ccc3c2C(F)(F)F)CC1. The fourth-order valence-electron chi connectivity index (χ4n) is 5.15. The molecule has 1 aliphatic carbocycles. The molecule has 1 saturated carbocycles. The Labute approximate surface area is 214 Å². The summed E-state index contributed by atoms with van der Waals surface area (Å²) < 4.78 is 69.9. The van der Waals surface area contributed by atoms with Crippen molar-refractivity contribution in [3.63, 3.8) is 0 Å². The van der Waals surface area contributed by atoms with E-state index < -0.39 is 33.0 Å². The van der Waals surface area contributed by atoms with Crippen LogP contribution in [0.25, 0.3) is 10.8 Å². The monoisotopic (exact) mass is 525 g/mol. The molecule has 1 heterocycles. The molecule has 1 N–H and O–H groups in total. The Morgan fingerprint density at radius 2 is 1.61 bits per heavy atom. The predicted molar refractivity (Wildman–Crippen MR) is 138 cm³/mol. The maximum absolute atomic E-state index is 14.3. The van der Waals surface area contributed by atoms with Crippen LogP contribution >= 0.6 is 0 Å². The minimum atomic E-state index is -4.55. The minimum Gasteiger partial charge on any atom is -0.490 e. The molecule has 1 atom stereocenters. The number of fused-ring (bicyclic) bond motifs is 1.